The van der Waals surface area contributed by atoms with Gasteiger partial charge in [0.1, 0.15) is 11.3 Å². The molecule has 1 aromatic rings. The lowest BCUT2D eigenvalue weighted by atomic mass is 9.77. The predicted octanol–water partition coefficient (Wildman–Crippen LogP) is 2.18. The first-order valence-corrected chi connectivity index (χ1v) is 7.60. The molecule has 0 saturated carbocycles. The third-order valence-electron chi connectivity index (χ3n) is 4.91. The van der Waals surface area contributed by atoms with Gasteiger partial charge in [-0.25, -0.2) is 0 Å². The Morgan fingerprint density at radius 1 is 1.38 bits per heavy atom. The van der Waals surface area contributed by atoms with Crippen LogP contribution in [-0.4, -0.2) is 42.1 Å². The summed E-state index contributed by atoms with van der Waals surface area (Å²) in [6.07, 6.45) is 4.18. The molecular weight excluding hydrogens is 290 g/mol. The van der Waals surface area contributed by atoms with E-state index in [1.807, 2.05) is 18.7 Å². The van der Waals surface area contributed by atoms with Gasteiger partial charge in [-0.05, 0) is 38.1 Å². The number of carbonyl (C=O) groups is 1. The Morgan fingerprint density at radius 2 is 2.10 bits per heavy atom. The van der Waals surface area contributed by atoms with Crippen molar-refractivity contribution in [1.82, 2.24) is 15.4 Å². The zero-order chi connectivity index (χ0) is 14.2. The minimum Gasteiger partial charge on any atom is -0.360 e. The van der Waals surface area contributed by atoms with E-state index in [1.165, 1.54) is 6.42 Å². The maximum absolute atomic E-state index is 12.7. The number of aryl methyl sites for hydroxylation is 2. The van der Waals surface area contributed by atoms with Crippen LogP contribution in [-0.2, 0) is 6.42 Å². The van der Waals surface area contributed by atoms with Gasteiger partial charge in [0.25, 0.3) is 5.91 Å². The van der Waals surface area contributed by atoms with Gasteiger partial charge in [0.15, 0.2) is 0 Å². The minimum atomic E-state index is 0. The Bertz CT molecular complexity index is 499. The first-order chi connectivity index (χ1) is 9.65. The molecule has 21 heavy (non-hydrogen) atoms. The smallest absolute Gasteiger partial charge is 0.259 e. The van der Waals surface area contributed by atoms with Gasteiger partial charge in [-0.15, -0.1) is 12.4 Å². The van der Waals surface area contributed by atoms with Gasteiger partial charge in [0, 0.05) is 26.1 Å². The van der Waals surface area contributed by atoms with Crippen LogP contribution in [0.1, 0.15) is 48.0 Å². The van der Waals surface area contributed by atoms with Crippen LogP contribution in [0.25, 0.3) is 0 Å². The van der Waals surface area contributed by atoms with Crippen molar-refractivity contribution < 1.29 is 9.32 Å². The molecule has 2 aliphatic rings. The van der Waals surface area contributed by atoms with Crippen LogP contribution < -0.4 is 5.32 Å². The van der Waals surface area contributed by atoms with Gasteiger partial charge in [0.2, 0.25) is 0 Å². The van der Waals surface area contributed by atoms with Crippen molar-refractivity contribution in [3.8, 4) is 0 Å². The summed E-state index contributed by atoms with van der Waals surface area (Å²) >= 11 is 0. The molecular formula is C15H24ClN3O2. The summed E-state index contributed by atoms with van der Waals surface area (Å²) in [4.78, 5) is 14.6. The third kappa shape index (κ3) is 2.94. The lowest BCUT2D eigenvalue weighted by molar-refractivity contribution is 0.0605. The Morgan fingerprint density at radius 3 is 2.67 bits per heavy atom. The summed E-state index contributed by atoms with van der Waals surface area (Å²) in [7, 11) is 0. The molecule has 1 N–H and O–H groups in total. The summed E-state index contributed by atoms with van der Waals surface area (Å²) in [5, 5.41) is 7.40. The number of piperidine rings is 1. The van der Waals surface area contributed by atoms with Gasteiger partial charge in [-0.3, -0.25) is 4.79 Å². The van der Waals surface area contributed by atoms with Crippen molar-refractivity contribution in [3.05, 3.63) is 17.0 Å². The highest BCUT2D eigenvalue weighted by Gasteiger charge is 2.38. The van der Waals surface area contributed by atoms with E-state index in [-0.39, 0.29) is 18.3 Å². The topological polar surface area (TPSA) is 58.4 Å². The molecule has 0 radical (unpaired) electrons. The van der Waals surface area contributed by atoms with E-state index < -0.39 is 0 Å². The summed E-state index contributed by atoms with van der Waals surface area (Å²) in [6, 6.07) is 0. The van der Waals surface area contributed by atoms with Crippen molar-refractivity contribution in [1.29, 1.82) is 0 Å². The second-order valence-corrected chi connectivity index (χ2v) is 6.14. The zero-order valence-electron chi connectivity index (χ0n) is 12.8. The Balaban J connectivity index is 0.00000161. The zero-order valence-corrected chi connectivity index (χ0v) is 13.6. The fourth-order valence-electron chi connectivity index (χ4n) is 3.50. The number of aromatic nitrogens is 1. The number of halogens is 1. The van der Waals surface area contributed by atoms with Crippen LogP contribution in [0.3, 0.4) is 0 Å². The molecule has 5 nitrogen and oxygen atoms in total. The number of likely N-dealkylation sites (tertiary alicyclic amines) is 1. The molecule has 0 atom stereocenters. The quantitative estimate of drug-likeness (QED) is 0.909. The van der Waals surface area contributed by atoms with E-state index in [0.29, 0.717) is 17.4 Å². The fourth-order valence-corrected chi connectivity index (χ4v) is 3.50. The van der Waals surface area contributed by atoms with Crippen molar-refractivity contribution >= 4 is 18.3 Å². The molecule has 118 valence electrons. The largest absolute Gasteiger partial charge is 0.360 e. The fraction of sp³-hybridized carbons (Fsp3) is 0.733. The minimum absolute atomic E-state index is 0. The lowest BCUT2D eigenvalue weighted by Gasteiger charge is -2.38. The predicted molar refractivity (Wildman–Crippen MR) is 82.9 cm³/mol. The molecule has 2 fully saturated rings. The number of hydrogen-bond acceptors (Lipinski definition) is 4. The molecule has 3 heterocycles. The van der Waals surface area contributed by atoms with E-state index in [0.717, 1.165) is 50.5 Å². The molecule has 2 aliphatic heterocycles. The van der Waals surface area contributed by atoms with Crippen LogP contribution >= 0.6 is 12.4 Å². The number of nitrogens with one attached hydrogen (secondary N) is 1. The van der Waals surface area contributed by atoms with E-state index in [1.54, 1.807) is 0 Å². The van der Waals surface area contributed by atoms with Crippen LogP contribution in [0.2, 0.25) is 0 Å². The Hall–Kier alpha value is -1.07. The molecule has 0 bridgehead atoms. The van der Waals surface area contributed by atoms with Crippen LogP contribution in [0.15, 0.2) is 4.52 Å². The monoisotopic (exact) mass is 313 g/mol. The highest BCUT2D eigenvalue weighted by atomic mass is 35.5. The van der Waals surface area contributed by atoms with Gasteiger partial charge < -0.3 is 14.7 Å². The van der Waals surface area contributed by atoms with Crippen molar-refractivity contribution in [3.63, 3.8) is 0 Å². The second-order valence-electron chi connectivity index (χ2n) is 6.14. The molecule has 1 amide bonds. The standard InChI is InChI=1S/C15H23N3O2.ClH/c1-3-12-13(11(2)17-20-12)14(19)18-8-5-15(6-9-18)4-7-16-10-15;/h16H,3-10H2,1-2H3;1H. The van der Waals surface area contributed by atoms with E-state index in [2.05, 4.69) is 10.5 Å². The van der Waals surface area contributed by atoms with E-state index >= 15 is 0 Å². The summed E-state index contributed by atoms with van der Waals surface area (Å²) in [6.45, 7) is 7.79. The van der Waals surface area contributed by atoms with Gasteiger partial charge in [-0.2, -0.15) is 0 Å². The van der Waals surface area contributed by atoms with Gasteiger partial charge in [0.05, 0.1) is 5.69 Å². The maximum Gasteiger partial charge on any atom is 0.259 e. The Labute approximate surface area is 131 Å². The second kappa shape index (κ2) is 6.36. The van der Waals surface area contributed by atoms with Crippen molar-refractivity contribution in [2.24, 2.45) is 5.41 Å². The van der Waals surface area contributed by atoms with Crippen molar-refractivity contribution in [2.75, 3.05) is 26.2 Å². The average molecular weight is 314 g/mol. The van der Waals surface area contributed by atoms with Crippen LogP contribution in [0.4, 0.5) is 0 Å². The summed E-state index contributed by atoms with van der Waals surface area (Å²) < 4.78 is 5.24. The number of hydrogen-bond donors (Lipinski definition) is 1. The molecule has 1 spiro atoms. The molecule has 1 aromatic heterocycles. The highest BCUT2D eigenvalue weighted by molar-refractivity contribution is 5.96. The van der Waals surface area contributed by atoms with Gasteiger partial charge >= 0.3 is 0 Å². The molecule has 0 unspecified atom stereocenters. The van der Waals surface area contributed by atoms with Crippen LogP contribution in [0, 0.1) is 12.3 Å². The highest BCUT2D eigenvalue weighted by Crippen LogP contribution is 2.37. The average Bonchev–Trinajstić information content (AvgIpc) is 3.06. The van der Waals surface area contributed by atoms with Gasteiger partial charge in [-0.1, -0.05) is 12.1 Å². The van der Waals surface area contributed by atoms with Crippen molar-refractivity contribution in [2.45, 2.75) is 39.5 Å². The molecule has 3 rings (SSSR count). The molecule has 2 saturated heterocycles. The van der Waals surface area contributed by atoms with E-state index in [9.17, 15) is 4.79 Å². The number of amides is 1. The Kier molecular flexibility index (Phi) is 4.94. The normalized spacial score (nSPS) is 20.6. The van der Waals surface area contributed by atoms with E-state index in [4.69, 9.17) is 4.52 Å². The molecule has 6 heteroatoms. The first kappa shape index (κ1) is 16.3. The van der Waals surface area contributed by atoms with Crippen LogP contribution in [0.5, 0.6) is 0 Å². The molecule has 0 aliphatic carbocycles. The number of nitrogens with zero attached hydrogens (tertiary/aromatic N) is 2. The summed E-state index contributed by atoms with van der Waals surface area (Å²) in [5.74, 6) is 0.816. The maximum atomic E-state index is 12.7. The number of carbonyl (C=O) groups excluding carboxylic acids is 1. The number of rotatable bonds is 2. The lowest BCUT2D eigenvalue weighted by Crippen LogP contribution is -2.44. The SMILES string of the molecule is CCc1onc(C)c1C(=O)N1CCC2(CCNC2)CC1.Cl. The first-order valence-electron chi connectivity index (χ1n) is 7.60. The third-order valence-corrected chi connectivity index (χ3v) is 4.91. The summed E-state index contributed by atoms with van der Waals surface area (Å²) in [5.41, 5.74) is 1.84. The molecule has 0 aromatic carbocycles.